The van der Waals surface area contributed by atoms with Gasteiger partial charge in [0.2, 0.25) is 0 Å². The molecule has 2 aromatic rings. The molecule has 0 radical (unpaired) electrons. The van der Waals surface area contributed by atoms with Gasteiger partial charge in [0.05, 0.1) is 23.9 Å². The summed E-state index contributed by atoms with van der Waals surface area (Å²) < 4.78 is 5.19. The summed E-state index contributed by atoms with van der Waals surface area (Å²) in [5.41, 5.74) is 1.18. The quantitative estimate of drug-likeness (QED) is 0.682. The fourth-order valence-corrected chi connectivity index (χ4v) is 2.74. The number of H-pyrrole nitrogens is 1. The average molecular weight is 332 g/mol. The van der Waals surface area contributed by atoms with Crippen molar-refractivity contribution in [3.63, 3.8) is 0 Å². The number of aromatic amines is 1. The Kier molecular flexibility index (Phi) is 4.00. The Balaban J connectivity index is 1.79. The molecule has 8 heteroatoms. The number of rotatable bonds is 3. The lowest BCUT2D eigenvalue weighted by atomic mass is 9.95. The van der Waals surface area contributed by atoms with Gasteiger partial charge in [0, 0.05) is 24.9 Å². The van der Waals surface area contributed by atoms with Crippen LogP contribution in [0.15, 0.2) is 21.3 Å². The highest BCUT2D eigenvalue weighted by Crippen LogP contribution is 2.22. The molecule has 8 nitrogen and oxygen atoms in total. The molecule has 0 unspecified atom stereocenters. The summed E-state index contributed by atoms with van der Waals surface area (Å²) >= 11 is 0. The van der Waals surface area contributed by atoms with Crippen LogP contribution >= 0.6 is 0 Å². The topological polar surface area (TPSA) is 105 Å². The van der Waals surface area contributed by atoms with Crippen molar-refractivity contribution in [1.82, 2.24) is 14.9 Å². The van der Waals surface area contributed by atoms with Crippen LogP contribution in [0.25, 0.3) is 0 Å². The molecule has 0 amide bonds. The molecule has 1 aliphatic rings. The van der Waals surface area contributed by atoms with Crippen LogP contribution in [0, 0.1) is 10.1 Å². The lowest BCUT2D eigenvalue weighted by molar-refractivity contribution is -0.402. The second-order valence-electron chi connectivity index (χ2n) is 7.05. The molecule has 0 saturated carbocycles. The fraction of sp³-hybridized carbons (Fsp3) is 0.500. The Hall–Kier alpha value is -2.48. The van der Waals surface area contributed by atoms with Gasteiger partial charge in [0.1, 0.15) is 16.5 Å². The molecule has 0 aromatic carbocycles. The van der Waals surface area contributed by atoms with Crippen molar-refractivity contribution < 1.29 is 9.34 Å². The van der Waals surface area contributed by atoms with E-state index < -0.39 is 4.92 Å². The van der Waals surface area contributed by atoms with E-state index in [2.05, 4.69) is 9.97 Å². The van der Waals surface area contributed by atoms with Crippen LogP contribution in [0.5, 0.6) is 0 Å². The predicted octanol–water partition coefficient (Wildman–Crippen LogP) is 2.13. The van der Waals surface area contributed by atoms with Gasteiger partial charge < -0.3 is 9.40 Å². The lowest BCUT2D eigenvalue weighted by Crippen LogP contribution is -2.37. The van der Waals surface area contributed by atoms with E-state index in [1.165, 1.54) is 6.07 Å². The van der Waals surface area contributed by atoms with Gasteiger partial charge in [-0.2, -0.15) is 0 Å². The van der Waals surface area contributed by atoms with Gasteiger partial charge in [0.15, 0.2) is 0 Å². The maximum absolute atomic E-state index is 12.4. The number of furan rings is 1. The minimum Gasteiger partial charge on any atom is -0.404 e. The normalized spacial score (nSPS) is 15.3. The number of hydrogen-bond donors (Lipinski definition) is 1. The predicted molar refractivity (Wildman–Crippen MR) is 86.7 cm³/mol. The van der Waals surface area contributed by atoms with Crippen LogP contribution < -0.4 is 5.56 Å². The molecule has 0 bridgehead atoms. The Morgan fingerprint density at radius 1 is 1.42 bits per heavy atom. The first-order chi connectivity index (χ1) is 11.2. The Morgan fingerprint density at radius 2 is 2.17 bits per heavy atom. The second-order valence-corrected chi connectivity index (χ2v) is 7.05. The summed E-state index contributed by atoms with van der Waals surface area (Å²) in [6, 6.07) is 2.94. The highest BCUT2D eigenvalue weighted by Gasteiger charge is 2.25. The van der Waals surface area contributed by atoms with E-state index in [9.17, 15) is 14.9 Å². The van der Waals surface area contributed by atoms with Crippen molar-refractivity contribution in [1.29, 1.82) is 0 Å². The van der Waals surface area contributed by atoms with Crippen molar-refractivity contribution >= 4 is 5.88 Å². The monoisotopic (exact) mass is 332 g/mol. The summed E-state index contributed by atoms with van der Waals surface area (Å²) in [6.45, 7) is 7.63. The highest BCUT2D eigenvalue weighted by atomic mass is 16.6. The van der Waals surface area contributed by atoms with Gasteiger partial charge in [-0.25, -0.2) is 4.98 Å². The first-order valence-electron chi connectivity index (χ1n) is 7.82. The van der Waals surface area contributed by atoms with Gasteiger partial charge in [-0.1, -0.05) is 20.8 Å². The maximum Gasteiger partial charge on any atom is 0.433 e. The van der Waals surface area contributed by atoms with Gasteiger partial charge in [0.25, 0.3) is 5.56 Å². The SMILES string of the molecule is CC(C)(C)c1nc2c(c(=O)[nH]1)CN(Cc1ccc([N+](=O)[O-])o1)CC2. The van der Waals surface area contributed by atoms with E-state index in [1.807, 2.05) is 25.7 Å². The molecule has 0 spiro atoms. The minimum atomic E-state index is -0.558. The number of fused-ring (bicyclic) bond motifs is 1. The summed E-state index contributed by atoms with van der Waals surface area (Å²) in [4.78, 5) is 32.0. The van der Waals surface area contributed by atoms with E-state index in [4.69, 9.17) is 4.42 Å². The Morgan fingerprint density at radius 3 is 2.79 bits per heavy atom. The molecular weight excluding hydrogens is 312 g/mol. The van der Waals surface area contributed by atoms with Crippen LogP contribution in [0.4, 0.5) is 5.88 Å². The molecule has 3 rings (SSSR count). The zero-order chi connectivity index (χ0) is 17.5. The fourth-order valence-electron chi connectivity index (χ4n) is 2.74. The summed E-state index contributed by atoms with van der Waals surface area (Å²) in [6.07, 6.45) is 0.672. The van der Waals surface area contributed by atoms with Gasteiger partial charge in [-0.15, -0.1) is 0 Å². The van der Waals surface area contributed by atoms with Crippen LogP contribution in [-0.4, -0.2) is 26.3 Å². The highest BCUT2D eigenvalue weighted by molar-refractivity contribution is 5.23. The third-order valence-corrected chi connectivity index (χ3v) is 4.06. The van der Waals surface area contributed by atoms with Crippen LogP contribution in [0.3, 0.4) is 0 Å². The third kappa shape index (κ3) is 3.23. The summed E-state index contributed by atoms with van der Waals surface area (Å²) in [5.74, 6) is 0.943. The second kappa shape index (κ2) is 5.86. The average Bonchev–Trinajstić information content (AvgIpc) is 2.95. The van der Waals surface area contributed by atoms with Crippen molar-refractivity contribution in [3.05, 3.63) is 55.4 Å². The molecular formula is C16H20N4O4. The first kappa shape index (κ1) is 16.4. The van der Waals surface area contributed by atoms with E-state index in [1.54, 1.807) is 6.07 Å². The van der Waals surface area contributed by atoms with Crippen LogP contribution in [0.1, 0.15) is 43.6 Å². The number of nitro groups is 1. The molecule has 1 aliphatic heterocycles. The largest absolute Gasteiger partial charge is 0.433 e. The third-order valence-electron chi connectivity index (χ3n) is 4.06. The minimum absolute atomic E-state index is 0.111. The number of aromatic nitrogens is 2. The standard InChI is InChI=1S/C16H20N4O4/c1-16(2,3)15-17-12-6-7-19(9-11(12)14(21)18-15)8-10-4-5-13(24-10)20(22)23/h4-5H,6-9H2,1-3H3,(H,17,18,21). The van der Waals surface area contributed by atoms with Gasteiger partial charge in [-0.3, -0.25) is 19.8 Å². The molecule has 1 N–H and O–H groups in total. The van der Waals surface area contributed by atoms with Gasteiger partial charge in [-0.05, 0) is 6.07 Å². The Bertz CT molecular complexity index is 831. The molecule has 0 saturated heterocycles. The molecule has 128 valence electrons. The number of nitrogens with one attached hydrogen (secondary N) is 1. The van der Waals surface area contributed by atoms with Crippen LogP contribution in [0.2, 0.25) is 0 Å². The van der Waals surface area contributed by atoms with E-state index in [0.717, 1.165) is 12.2 Å². The number of nitrogens with zero attached hydrogens (tertiary/aromatic N) is 3. The molecule has 0 aliphatic carbocycles. The lowest BCUT2D eigenvalue weighted by Gasteiger charge is -2.28. The van der Waals surface area contributed by atoms with Crippen molar-refractivity contribution in [3.8, 4) is 0 Å². The zero-order valence-corrected chi connectivity index (χ0v) is 14.0. The van der Waals surface area contributed by atoms with E-state index >= 15 is 0 Å². The summed E-state index contributed by atoms with van der Waals surface area (Å²) in [5, 5.41) is 10.7. The first-order valence-corrected chi connectivity index (χ1v) is 7.82. The van der Waals surface area contributed by atoms with Crippen molar-refractivity contribution in [2.24, 2.45) is 0 Å². The Labute approximate surface area is 138 Å². The van der Waals surface area contributed by atoms with Crippen molar-refractivity contribution in [2.75, 3.05) is 6.54 Å². The molecule has 0 atom stereocenters. The van der Waals surface area contributed by atoms with Gasteiger partial charge >= 0.3 is 5.88 Å². The molecule has 3 heterocycles. The zero-order valence-electron chi connectivity index (χ0n) is 14.0. The van der Waals surface area contributed by atoms with E-state index in [-0.39, 0.29) is 16.9 Å². The number of hydrogen-bond acceptors (Lipinski definition) is 6. The molecule has 0 fully saturated rings. The summed E-state index contributed by atoms with van der Waals surface area (Å²) in [7, 11) is 0. The van der Waals surface area contributed by atoms with E-state index in [0.29, 0.717) is 36.7 Å². The van der Waals surface area contributed by atoms with Crippen molar-refractivity contribution in [2.45, 2.75) is 45.7 Å². The molecule has 2 aromatic heterocycles. The van der Waals surface area contributed by atoms with Crippen LogP contribution in [-0.2, 0) is 24.9 Å². The molecule has 24 heavy (non-hydrogen) atoms. The smallest absolute Gasteiger partial charge is 0.404 e. The maximum atomic E-state index is 12.4.